The summed E-state index contributed by atoms with van der Waals surface area (Å²) < 4.78 is 33.3. The van der Waals surface area contributed by atoms with Crippen LogP contribution in [-0.4, -0.2) is 19.2 Å². The van der Waals surface area contributed by atoms with Crippen LogP contribution in [0.15, 0.2) is 12.1 Å². The molecule has 0 aliphatic carbocycles. The van der Waals surface area contributed by atoms with Crippen LogP contribution in [0.1, 0.15) is 18.1 Å². The summed E-state index contributed by atoms with van der Waals surface area (Å²) in [6, 6.07) is 4.15. The van der Waals surface area contributed by atoms with Gasteiger partial charge in [-0.2, -0.15) is 14.0 Å². The molecule has 0 spiro atoms. The van der Waals surface area contributed by atoms with Crippen LogP contribution in [0.25, 0.3) is 0 Å². The lowest BCUT2D eigenvalue weighted by molar-refractivity contribution is -0.142. The number of carbonyl (C=O) groups excluding carboxylic acids is 1. The first-order valence-corrected chi connectivity index (χ1v) is 5.69. The van der Waals surface area contributed by atoms with Crippen LogP contribution in [0.4, 0.5) is 8.78 Å². The fourth-order valence-corrected chi connectivity index (χ4v) is 1.67. The molecule has 0 fully saturated rings. The molecule has 0 saturated heterocycles. The SMILES string of the molecule is CCOC(=O)Cc1c(Cl)ccc(OC(F)F)c1C#N. The van der Waals surface area contributed by atoms with Crippen molar-refractivity contribution in [3.63, 3.8) is 0 Å². The highest BCUT2D eigenvalue weighted by atomic mass is 35.5. The van der Waals surface area contributed by atoms with E-state index in [4.69, 9.17) is 21.6 Å². The molecule has 0 amide bonds. The molecule has 1 aromatic carbocycles. The third-order valence-corrected chi connectivity index (χ3v) is 2.53. The quantitative estimate of drug-likeness (QED) is 0.782. The van der Waals surface area contributed by atoms with Gasteiger partial charge in [0.15, 0.2) is 0 Å². The van der Waals surface area contributed by atoms with Crippen LogP contribution in [0.3, 0.4) is 0 Å². The highest BCUT2D eigenvalue weighted by Crippen LogP contribution is 2.30. The summed E-state index contributed by atoms with van der Waals surface area (Å²) in [5.74, 6) is -0.920. The monoisotopic (exact) mass is 289 g/mol. The molecule has 0 N–H and O–H groups in total. The van der Waals surface area contributed by atoms with E-state index in [0.29, 0.717) is 0 Å². The number of ether oxygens (including phenoxy) is 2. The van der Waals surface area contributed by atoms with Gasteiger partial charge in [0, 0.05) is 10.6 Å². The third-order valence-electron chi connectivity index (χ3n) is 2.17. The molecule has 4 nitrogen and oxygen atoms in total. The van der Waals surface area contributed by atoms with Gasteiger partial charge < -0.3 is 9.47 Å². The second-order valence-corrected chi connectivity index (χ2v) is 3.78. The highest BCUT2D eigenvalue weighted by Gasteiger charge is 2.19. The molecular formula is C12H10ClF2NO3. The lowest BCUT2D eigenvalue weighted by Gasteiger charge is -2.11. The Kier molecular flexibility index (Phi) is 5.52. The summed E-state index contributed by atoms with van der Waals surface area (Å²) in [4.78, 5) is 11.4. The fraction of sp³-hybridized carbons (Fsp3) is 0.333. The van der Waals surface area contributed by atoms with Gasteiger partial charge in [0.2, 0.25) is 0 Å². The Morgan fingerprint density at radius 3 is 2.74 bits per heavy atom. The topological polar surface area (TPSA) is 59.3 Å². The van der Waals surface area contributed by atoms with Gasteiger partial charge in [-0.25, -0.2) is 0 Å². The van der Waals surface area contributed by atoms with Gasteiger partial charge in [0.25, 0.3) is 0 Å². The largest absolute Gasteiger partial charge is 0.466 e. The Balaban J connectivity index is 3.14. The molecule has 7 heteroatoms. The number of halogens is 3. The summed E-state index contributed by atoms with van der Waals surface area (Å²) in [7, 11) is 0. The van der Waals surface area contributed by atoms with Gasteiger partial charge in [-0.15, -0.1) is 0 Å². The van der Waals surface area contributed by atoms with Crippen molar-refractivity contribution in [1.82, 2.24) is 0 Å². The summed E-state index contributed by atoms with van der Waals surface area (Å²) in [6.07, 6.45) is -0.282. The number of carbonyl (C=O) groups is 1. The van der Waals surface area contributed by atoms with Crippen molar-refractivity contribution in [3.8, 4) is 11.8 Å². The van der Waals surface area contributed by atoms with E-state index in [1.807, 2.05) is 0 Å². The van der Waals surface area contributed by atoms with Crippen LogP contribution in [0.5, 0.6) is 5.75 Å². The van der Waals surface area contributed by atoms with Crippen molar-refractivity contribution in [2.24, 2.45) is 0 Å². The molecule has 0 heterocycles. The van der Waals surface area contributed by atoms with E-state index < -0.39 is 12.6 Å². The predicted molar refractivity (Wildman–Crippen MR) is 63.1 cm³/mol. The average Bonchev–Trinajstić information content (AvgIpc) is 2.33. The minimum absolute atomic E-state index is 0.112. The molecule has 0 bridgehead atoms. The van der Waals surface area contributed by atoms with E-state index in [2.05, 4.69) is 4.74 Å². The number of benzene rings is 1. The maximum absolute atomic E-state index is 12.2. The first-order valence-electron chi connectivity index (χ1n) is 5.31. The minimum atomic E-state index is -3.07. The third kappa shape index (κ3) is 4.07. The van der Waals surface area contributed by atoms with E-state index in [9.17, 15) is 13.6 Å². The number of esters is 1. The van der Waals surface area contributed by atoms with Gasteiger partial charge in [-0.3, -0.25) is 4.79 Å². The van der Waals surface area contributed by atoms with Crippen molar-refractivity contribution in [2.45, 2.75) is 20.0 Å². The molecule has 0 unspecified atom stereocenters. The Labute approximate surface area is 113 Å². The summed E-state index contributed by atoms with van der Waals surface area (Å²) in [6.45, 7) is -1.27. The number of nitrogens with zero attached hydrogens (tertiary/aromatic N) is 1. The van der Waals surface area contributed by atoms with Crippen molar-refractivity contribution in [3.05, 3.63) is 28.3 Å². The lowest BCUT2D eigenvalue weighted by atomic mass is 10.0. The first-order chi connectivity index (χ1) is 8.99. The Morgan fingerprint density at radius 2 is 2.21 bits per heavy atom. The van der Waals surface area contributed by atoms with Gasteiger partial charge >= 0.3 is 12.6 Å². The maximum atomic E-state index is 12.2. The van der Waals surface area contributed by atoms with Crippen molar-refractivity contribution in [2.75, 3.05) is 6.61 Å². The zero-order valence-electron chi connectivity index (χ0n) is 9.95. The molecule has 0 aliphatic rings. The smallest absolute Gasteiger partial charge is 0.387 e. The minimum Gasteiger partial charge on any atom is -0.466 e. The summed E-state index contributed by atoms with van der Waals surface area (Å²) in [5.41, 5.74) is -0.0818. The van der Waals surface area contributed by atoms with Gasteiger partial charge in [-0.05, 0) is 19.1 Å². The van der Waals surface area contributed by atoms with Crippen molar-refractivity contribution < 1.29 is 23.0 Å². The van der Waals surface area contributed by atoms with E-state index in [1.54, 1.807) is 13.0 Å². The van der Waals surface area contributed by atoms with Crippen LogP contribution in [0, 0.1) is 11.3 Å². The van der Waals surface area contributed by atoms with Crippen LogP contribution in [0.2, 0.25) is 5.02 Å². The van der Waals surface area contributed by atoms with Crippen LogP contribution < -0.4 is 4.74 Å². The van der Waals surface area contributed by atoms with Crippen molar-refractivity contribution in [1.29, 1.82) is 5.26 Å². The van der Waals surface area contributed by atoms with Gasteiger partial charge in [0.1, 0.15) is 11.8 Å². The zero-order chi connectivity index (χ0) is 14.4. The molecular weight excluding hydrogens is 280 g/mol. The van der Waals surface area contributed by atoms with Gasteiger partial charge in [0.05, 0.1) is 18.6 Å². The maximum Gasteiger partial charge on any atom is 0.387 e. The molecule has 0 atom stereocenters. The highest BCUT2D eigenvalue weighted by molar-refractivity contribution is 6.31. The van der Waals surface area contributed by atoms with E-state index >= 15 is 0 Å². The molecule has 102 valence electrons. The van der Waals surface area contributed by atoms with E-state index in [0.717, 1.165) is 6.07 Å². The van der Waals surface area contributed by atoms with Crippen molar-refractivity contribution >= 4 is 17.6 Å². The van der Waals surface area contributed by atoms with E-state index in [-0.39, 0.29) is 34.9 Å². The van der Waals surface area contributed by atoms with Gasteiger partial charge in [-0.1, -0.05) is 11.6 Å². The molecule has 19 heavy (non-hydrogen) atoms. The standard InChI is InChI=1S/C12H10ClF2NO3/c1-2-18-11(17)5-7-8(6-16)10(19-12(14)15)4-3-9(7)13/h3-4,12H,2,5H2,1H3. The Hall–Kier alpha value is -1.87. The lowest BCUT2D eigenvalue weighted by Crippen LogP contribution is -2.11. The first kappa shape index (κ1) is 15.2. The Morgan fingerprint density at radius 1 is 1.53 bits per heavy atom. The second-order valence-electron chi connectivity index (χ2n) is 3.37. The molecule has 1 aromatic rings. The zero-order valence-corrected chi connectivity index (χ0v) is 10.7. The number of hydrogen-bond donors (Lipinski definition) is 0. The molecule has 0 radical (unpaired) electrons. The Bertz CT molecular complexity index is 514. The normalized spacial score (nSPS) is 10.1. The fourth-order valence-electron chi connectivity index (χ4n) is 1.45. The molecule has 1 rings (SSSR count). The van der Waals surface area contributed by atoms with Crippen LogP contribution >= 0.6 is 11.6 Å². The van der Waals surface area contributed by atoms with E-state index in [1.165, 1.54) is 6.07 Å². The predicted octanol–water partition coefficient (Wildman–Crippen LogP) is 2.92. The average molecular weight is 290 g/mol. The number of rotatable bonds is 5. The van der Waals surface area contributed by atoms with Crippen LogP contribution in [-0.2, 0) is 16.0 Å². The molecule has 0 aromatic heterocycles. The number of alkyl halides is 2. The number of hydrogen-bond acceptors (Lipinski definition) is 4. The second kappa shape index (κ2) is 6.90. The summed E-state index contributed by atoms with van der Waals surface area (Å²) in [5, 5.41) is 9.11. The molecule has 0 saturated carbocycles. The summed E-state index contributed by atoms with van der Waals surface area (Å²) >= 11 is 5.86. The number of nitriles is 1. The molecule has 0 aliphatic heterocycles.